The van der Waals surface area contributed by atoms with Crippen molar-refractivity contribution >= 4 is 17.6 Å². The van der Waals surface area contributed by atoms with Crippen LogP contribution in [0.3, 0.4) is 0 Å². The molecule has 2 aromatic rings. The molecule has 0 heterocycles. The maximum atomic E-state index is 12.4. The molecule has 0 unspecified atom stereocenters. The van der Waals surface area contributed by atoms with E-state index in [4.69, 9.17) is 4.74 Å². The molecule has 2 aromatic carbocycles. The number of fused-ring (bicyclic) bond motifs is 1. The summed E-state index contributed by atoms with van der Waals surface area (Å²) in [5.41, 5.74) is 2.92. The highest BCUT2D eigenvalue weighted by molar-refractivity contribution is 6.41. The number of aryl methyl sites for hydroxylation is 1. The van der Waals surface area contributed by atoms with Crippen LogP contribution in [0, 0.1) is 6.92 Å². The van der Waals surface area contributed by atoms with Gasteiger partial charge in [0.1, 0.15) is 5.75 Å². The first-order valence-electron chi connectivity index (χ1n) is 6.66. The molecule has 21 heavy (non-hydrogen) atoms. The summed E-state index contributed by atoms with van der Waals surface area (Å²) in [4.78, 5) is 24.7. The fourth-order valence-electron chi connectivity index (χ4n) is 2.53. The maximum absolute atomic E-state index is 12.4. The molecule has 0 aromatic heterocycles. The van der Waals surface area contributed by atoms with Crippen molar-refractivity contribution in [3.63, 3.8) is 0 Å². The lowest BCUT2D eigenvalue weighted by Gasteiger charge is -2.06. The van der Waals surface area contributed by atoms with Crippen molar-refractivity contribution in [1.82, 2.24) is 0 Å². The number of hydrogen-bond donors (Lipinski definition) is 0. The van der Waals surface area contributed by atoms with E-state index in [1.54, 1.807) is 37.5 Å². The van der Waals surface area contributed by atoms with Crippen LogP contribution in [0.25, 0.3) is 6.08 Å². The first kappa shape index (κ1) is 13.3. The van der Waals surface area contributed by atoms with Crippen LogP contribution in [0.15, 0.2) is 48.0 Å². The molecular formula is C18H14O3. The van der Waals surface area contributed by atoms with Crippen LogP contribution < -0.4 is 4.74 Å². The summed E-state index contributed by atoms with van der Waals surface area (Å²) in [6.45, 7) is 1.95. The van der Waals surface area contributed by atoms with Crippen LogP contribution in [-0.4, -0.2) is 18.7 Å². The van der Waals surface area contributed by atoms with Gasteiger partial charge in [-0.1, -0.05) is 35.9 Å². The number of rotatable bonds is 2. The quantitative estimate of drug-likeness (QED) is 0.624. The molecule has 0 aliphatic heterocycles. The molecule has 1 aliphatic rings. The number of ketones is 2. The number of carbonyl (C=O) groups excluding carboxylic acids is 2. The van der Waals surface area contributed by atoms with E-state index >= 15 is 0 Å². The lowest BCUT2D eigenvalue weighted by atomic mass is 10.0. The van der Waals surface area contributed by atoms with Crippen molar-refractivity contribution in [2.45, 2.75) is 6.92 Å². The molecule has 0 saturated heterocycles. The number of methoxy groups -OCH3 is 1. The highest BCUT2D eigenvalue weighted by Gasteiger charge is 2.32. The molecule has 0 saturated carbocycles. The second-order valence-electron chi connectivity index (χ2n) is 5.01. The number of Topliss-reactive ketones (excluding diaryl/α,β-unsaturated/α-hetero) is 2. The molecule has 0 radical (unpaired) electrons. The average molecular weight is 278 g/mol. The lowest BCUT2D eigenvalue weighted by Crippen LogP contribution is -2.01. The highest BCUT2D eigenvalue weighted by Crippen LogP contribution is 2.30. The standard InChI is InChI=1S/C18H14O3/c1-11-7-8-16(21-2)12(9-11)10-15-17(19)13-5-3-4-6-14(13)18(15)20/h3-10H,1-2H3. The zero-order valence-electron chi connectivity index (χ0n) is 11.8. The van der Waals surface area contributed by atoms with Gasteiger partial charge in [0.2, 0.25) is 0 Å². The van der Waals surface area contributed by atoms with Gasteiger partial charge in [0.15, 0.2) is 11.6 Å². The zero-order chi connectivity index (χ0) is 15.0. The molecule has 104 valence electrons. The van der Waals surface area contributed by atoms with E-state index < -0.39 is 0 Å². The van der Waals surface area contributed by atoms with Gasteiger partial charge in [-0.15, -0.1) is 0 Å². The van der Waals surface area contributed by atoms with E-state index in [2.05, 4.69) is 0 Å². The first-order chi connectivity index (χ1) is 10.1. The minimum atomic E-state index is -0.223. The number of hydrogen-bond acceptors (Lipinski definition) is 3. The summed E-state index contributed by atoms with van der Waals surface area (Å²) in [6.07, 6.45) is 1.62. The summed E-state index contributed by atoms with van der Waals surface area (Å²) in [7, 11) is 1.57. The average Bonchev–Trinajstić information content (AvgIpc) is 2.73. The molecule has 0 N–H and O–H groups in total. The Morgan fingerprint density at radius 3 is 2.14 bits per heavy atom. The van der Waals surface area contributed by atoms with Crippen LogP contribution in [0.2, 0.25) is 0 Å². The SMILES string of the molecule is COc1ccc(C)cc1C=C1C(=O)c2ccccc2C1=O. The molecule has 0 atom stereocenters. The fraction of sp³-hybridized carbons (Fsp3) is 0.111. The maximum Gasteiger partial charge on any atom is 0.197 e. The van der Waals surface area contributed by atoms with Crippen molar-refractivity contribution in [3.05, 3.63) is 70.3 Å². The Labute approximate surface area is 122 Å². The largest absolute Gasteiger partial charge is 0.496 e. The van der Waals surface area contributed by atoms with Crippen LogP contribution >= 0.6 is 0 Å². The lowest BCUT2D eigenvalue weighted by molar-refractivity contribution is 0.0990. The van der Waals surface area contributed by atoms with E-state index in [1.807, 2.05) is 25.1 Å². The van der Waals surface area contributed by atoms with Crippen LogP contribution in [0.1, 0.15) is 31.8 Å². The topological polar surface area (TPSA) is 43.4 Å². The highest BCUT2D eigenvalue weighted by atomic mass is 16.5. The summed E-state index contributed by atoms with van der Waals surface area (Å²) in [5.74, 6) is 0.197. The number of allylic oxidation sites excluding steroid dienone is 1. The van der Waals surface area contributed by atoms with Gasteiger partial charge in [0.25, 0.3) is 0 Å². The van der Waals surface area contributed by atoms with Gasteiger partial charge < -0.3 is 4.74 Å². The van der Waals surface area contributed by atoms with Crippen LogP contribution in [-0.2, 0) is 0 Å². The first-order valence-corrected chi connectivity index (χ1v) is 6.66. The number of ether oxygens (including phenoxy) is 1. The molecule has 0 amide bonds. The van der Waals surface area contributed by atoms with Crippen LogP contribution in [0.5, 0.6) is 5.75 Å². The molecule has 1 aliphatic carbocycles. The van der Waals surface area contributed by atoms with Crippen molar-refractivity contribution in [2.24, 2.45) is 0 Å². The third-order valence-corrected chi connectivity index (χ3v) is 3.59. The van der Waals surface area contributed by atoms with Crippen molar-refractivity contribution in [1.29, 1.82) is 0 Å². The number of benzene rings is 2. The smallest absolute Gasteiger partial charge is 0.197 e. The van der Waals surface area contributed by atoms with Crippen molar-refractivity contribution in [3.8, 4) is 5.75 Å². The third-order valence-electron chi connectivity index (χ3n) is 3.59. The Hall–Kier alpha value is -2.68. The summed E-state index contributed by atoms with van der Waals surface area (Å²) < 4.78 is 5.29. The Morgan fingerprint density at radius 2 is 1.57 bits per heavy atom. The Bertz CT molecular complexity index is 748. The van der Waals surface area contributed by atoms with Gasteiger partial charge in [-0.05, 0) is 25.1 Å². The predicted molar refractivity (Wildman–Crippen MR) is 80.8 cm³/mol. The second kappa shape index (κ2) is 5.02. The monoisotopic (exact) mass is 278 g/mol. The molecular weight excluding hydrogens is 264 g/mol. The Kier molecular flexibility index (Phi) is 3.18. The molecule has 3 nitrogen and oxygen atoms in total. The molecule has 3 heteroatoms. The van der Waals surface area contributed by atoms with E-state index in [1.165, 1.54) is 0 Å². The van der Waals surface area contributed by atoms with Gasteiger partial charge in [-0.2, -0.15) is 0 Å². The van der Waals surface area contributed by atoms with E-state index in [9.17, 15) is 9.59 Å². The summed E-state index contributed by atoms with van der Waals surface area (Å²) in [6, 6.07) is 12.6. The molecule has 0 fully saturated rings. The third kappa shape index (κ3) is 2.17. The van der Waals surface area contributed by atoms with Crippen LogP contribution in [0.4, 0.5) is 0 Å². The Morgan fingerprint density at radius 1 is 0.952 bits per heavy atom. The number of carbonyl (C=O) groups is 2. The predicted octanol–water partition coefficient (Wildman–Crippen LogP) is 3.47. The van der Waals surface area contributed by atoms with Gasteiger partial charge >= 0.3 is 0 Å². The Balaban J connectivity index is 2.13. The summed E-state index contributed by atoms with van der Waals surface area (Å²) >= 11 is 0. The summed E-state index contributed by atoms with van der Waals surface area (Å²) in [5, 5.41) is 0. The van der Waals surface area contributed by atoms with E-state index in [0.717, 1.165) is 11.1 Å². The normalized spacial score (nSPS) is 13.3. The zero-order valence-corrected chi connectivity index (χ0v) is 11.8. The molecule has 3 rings (SSSR count). The molecule has 0 spiro atoms. The van der Waals surface area contributed by atoms with E-state index in [0.29, 0.717) is 16.9 Å². The van der Waals surface area contributed by atoms with E-state index in [-0.39, 0.29) is 17.1 Å². The van der Waals surface area contributed by atoms with Gasteiger partial charge in [-0.25, -0.2) is 0 Å². The van der Waals surface area contributed by atoms with Gasteiger partial charge in [0, 0.05) is 16.7 Å². The minimum Gasteiger partial charge on any atom is -0.496 e. The van der Waals surface area contributed by atoms with Crippen molar-refractivity contribution < 1.29 is 14.3 Å². The van der Waals surface area contributed by atoms with Gasteiger partial charge in [-0.3, -0.25) is 9.59 Å². The second-order valence-corrected chi connectivity index (χ2v) is 5.01. The fourth-order valence-corrected chi connectivity index (χ4v) is 2.53. The van der Waals surface area contributed by atoms with Gasteiger partial charge in [0.05, 0.1) is 12.7 Å². The minimum absolute atomic E-state index is 0.195. The molecule has 0 bridgehead atoms. The van der Waals surface area contributed by atoms with Crippen molar-refractivity contribution in [2.75, 3.05) is 7.11 Å².